The highest BCUT2D eigenvalue weighted by Gasteiger charge is 2.23. The predicted molar refractivity (Wildman–Crippen MR) is 133 cm³/mol. The Kier molecular flexibility index (Phi) is 8.98. The van der Waals surface area contributed by atoms with E-state index in [-0.39, 0.29) is 35.8 Å². The van der Waals surface area contributed by atoms with Gasteiger partial charge in [-0.2, -0.15) is 0 Å². The van der Waals surface area contributed by atoms with Crippen LogP contribution in [0.4, 0.5) is 5.13 Å². The number of thiazole rings is 1. The molecule has 0 atom stereocenters. The van der Waals surface area contributed by atoms with E-state index in [9.17, 15) is 14.4 Å². The summed E-state index contributed by atoms with van der Waals surface area (Å²) in [6, 6.07) is 8.02. The predicted octanol–water partition coefficient (Wildman–Crippen LogP) is 4.19. The van der Waals surface area contributed by atoms with Gasteiger partial charge >= 0.3 is 0 Å². The van der Waals surface area contributed by atoms with Crippen LogP contribution in [-0.2, 0) is 22.6 Å². The van der Waals surface area contributed by atoms with Crippen LogP contribution in [0.3, 0.4) is 0 Å². The minimum absolute atomic E-state index is 0.0839. The molecule has 0 aliphatic carbocycles. The Balaban J connectivity index is 1.54. The molecule has 8 nitrogen and oxygen atoms in total. The van der Waals surface area contributed by atoms with Gasteiger partial charge in [-0.1, -0.05) is 29.3 Å². The molecule has 0 saturated carbocycles. The van der Waals surface area contributed by atoms with Crippen LogP contribution < -0.4 is 10.6 Å². The van der Waals surface area contributed by atoms with E-state index in [2.05, 4.69) is 20.6 Å². The highest BCUT2D eigenvalue weighted by molar-refractivity contribution is 7.13. The number of hydrogen-bond acceptors (Lipinski definition) is 6. The number of carbonyl (C=O) groups excluding carboxylic acids is 3. The molecule has 3 rings (SSSR count). The zero-order chi connectivity index (χ0) is 24.7. The van der Waals surface area contributed by atoms with Crippen LogP contribution in [0.2, 0.25) is 10.0 Å². The molecule has 1 aromatic carbocycles. The van der Waals surface area contributed by atoms with Crippen LogP contribution in [0, 0.1) is 0 Å². The molecule has 178 valence electrons. The number of nitrogens with zero attached hydrogens (tertiary/aromatic N) is 3. The quantitative estimate of drug-likeness (QED) is 0.440. The van der Waals surface area contributed by atoms with Crippen LogP contribution in [0.5, 0.6) is 0 Å². The summed E-state index contributed by atoms with van der Waals surface area (Å²) in [5.74, 6) is -0.928. The minimum Gasteiger partial charge on any atom is -0.352 e. The van der Waals surface area contributed by atoms with Gasteiger partial charge in [-0.25, -0.2) is 4.98 Å². The van der Waals surface area contributed by atoms with Crippen LogP contribution in [0.15, 0.2) is 48.1 Å². The highest BCUT2D eigenvalue weighted by Crippen LogP contribution is 2.24. The van der Waals surface area contributed by atoms with Crippen LogP contribution in [0.25, 0.3) is 0 Å². The maximum atomic E-state index is 12.9. The molecule has 0 saturated heterocycles. The Morgan fingerprint density at radius 1 is 1.12 bits per heavy atom. The second-order valence-corrected chi connectivity index (χ2v) is 9.34. The summed E-state index contributed by atoms with van der Waals surface area (Å²) in [4.78, 5) is 47.4. The number of amides is 3. The summed E-state index contributed by atoms with van der Waals surface area (Å²) in [7, 11) is 0. The maximum Gasteiger partial charge on any atom is 0.254 e. The molecule has 0 bridgehead atoms. The van der Waals surface area contributed by atoms with Crippen molar-refractivity contribution in [3.05, 3.63) is 75.0 Å². The van der Waals surface area contributed by atoms with Gasteiger partial charge in [0.2, 0.25) is 11.8 Å². The molecule has 11 heteroatoms. The summed E-state index contributed by atoms with van der Waals surface area (Å²) < 4.78 is 0. The lowest BCUT2D eigenvalue weighted by Gasteiger charge is -2.26. The molecule has 0 aliphatic heterocycles. The van der Waals surface area contributed by atoms with Crippen molar-refractivity contribution >= 4 is 57.4 Å². The van der Waals surface area contributed by atoms with Crippen LogP contribution >= 0.6 is 34.5 Å². The zero-order valence-corrected chi connectivity index (χ0v) is 20.9. The van der Waals surface area contributed by atoms with Gasteiger partial charge in [-0.3, -0.25) is 19.4 Å². The first-order valence-corrected chi connectivity index (χ1v) is 12.0. The number of hydrogen-bond donors (Lipinski definition) is 2. The highest BCUT2D eigenvalue weighted by atomic mass is 35.5. The smallest absolute Gasteiger partial charge is 0.254 e. The Morgan fingerprint density at radius 3 is 2.59 bits per heavy atom. The molecule has 3 amide bonds. The largest absolute Gasteiger partial charge is 0.352 e. The van der Waals surface area contributed by atoms with Gasteiger partial charge in [-0.05, 0) is 43.7 Å². The number of pyridine rings is 1. The molecule has 0 fully saturated rings. The van der Waals surface area contributed by atoms with E-state index >= 15 is 0 Å². The van der Waals surface area contributed by atoms with E-state index in [0.717, 1.165) is 5.56 Å². The SMILES string of the molecule is CC(C)N(CC(=O)Nc1nc(CC(=O)NCc2cccnc2)cs1)C(=O)c1ccc(Cl)c(Cl)c1. The van der Waals surface area contributed by atoms with Gasteiger partial charge in [0.25, 0.3) is 5.91 Å². The van der Waals surface area contributed by atoms with Gasteiger partial charge in [0.15, 0.2) is 5.13 Å². The van der Waals surface area contributed by atoms with Crippen molar-refractivity contribution in [2.75, 3.05) is 11.9 Å². The van der Waals surface area contributed by atoms with E-state index in [1.165, 1.54) is 22.3 Å². The molecule has 0 unspecified atom stereocenters. The van der Waals surface area contributed by atoms with Gasteiger partial charge in [0.1, 0.15) is 6.54 Å². The molecule has 2 aromatic heterocycles. The third-order valence-corrected chi connectivity index (χ3v) is 6.26. The number of carbonyl (C=O) groups is 3. The lowest BCUT2D eigenvalue weighted by atomic mass is 10.1. The van der Waals surface area contributed by atoms with E-state index in [1.54, 1.807) is 36.0 Å². The fraction of sp³-hybridized carbons (Fsp3) is 0.261. The van der Waals surface area contributed by atoms with Crippen molar-refractivity contribution in [1.29, 1.82) is 0 Å². The zero-order valence-electron chi connectivity index (χ0n) is 18.5. The molecule has 3 aromatic rings. The Bertz CT molecular complexity index is 1170. The van der Waals surface area contributed by atoms with Crippen molar-refractivity contribution < 1.29 is 14.4 Å². The molecule has 0 aliphatic rings. The summed E-state index contributed by atoms with van der Waals surface area (Å²) >= 11 is 13.2. The first-order chi connectivity index (χ1) is 16.2. The lowest BCUT2D eigenvalue weighted by molar-refractivity contribution is -0.120. The number of nitrogens with one attached hydrogen (secondary N) is 2. The summed E-state index contributed by atoms with van der Waals surface area (Å²) in [6.07, 6.45) is 3.43. The molecule has 0 radical (unpaired) electrons. The third kappa shape index (κ3) is 7.24. The lowest BCUT2D eigenvalue weighted by Crippen LogP contribution is -2.42. The van der Waals surface area contributed by atoms with Crippen molar-refractivity contribution in [1.82, 2.24) is 20.2 Å². The average molecular weight is 520 g/mol. The van der Waals surface area contributed by atoms with Crippen LogP contribution in [0.1, 0.15) is 35.5 Å². The monoisotopic (exact) mass is 519 g/mol. The third-order valence-electron chi connectivity index (χ3n) is 4.72. The summed E-state index contributed by atoms with van der Waals surface area (Å²) in [6.45, 7) is 3.83. The number of aromatic nitrogens is 2. The van der Waals surface area contributed by atoms with Crippen LogP contribution in [-0.4, -0.2) is 45.2 Å². The molecule has 2 heterocycles. The fourth-order valence-electron chi connectivity index (χ4n) is 2.97. The minimum atomic E-state index is -0.399. The fourth-order valence-corrected chi connectivity index (χ4v) is 4.00. The standard InChI is InChI=1S/C23H23Cl2N5O3S/c1-14(2)30(22(33)16-5-6-18(24)19(25)8-16)12-21(32)29-23-28-17(13-34-23)9-20(31)27-11-15-4-3-7-26-10-15/h3-8,10,13-14H,9,11-12H2,1-2H3,(H,27,31)(H,28,29,32). The van der Waals surface area contributed by atoms with E-state index < -0.39 is 5.91 Å². The van der Waals surface area contributed by atoms with Gasteiger partial charge in [-0.15, -0.1) is 11.3 Å². The first-order valence-electron chi connectivity index (χ1n) is 10.4. The topological polar surface area (TPSA) is 104 Å². The molecule has 0 spiro atoms. The average Bonchev–Trinajstić information content (AvgIpc) is 3.24. The van der Waals surface area contributed by atoms with Gasteiger partial charge < -0.3 is 15.5 Å². The molecule has 34 heavy (non-hydrogen) atoms. The van der Waals surface area contributed by atoms with Crippen molar-refractivity contribution in [3.63, 3.8) is 0 Å². The second kappa shape index (κ2) is 11.9. The normalized spacial score (nSPS) is 10.7. The Labute approximate surface area is 211 Å². The number of benzene rings is 1. The van der Waals surface area contributed by atoms with Gasteiger partial charge in [0, 0.05) is 35.9 Å². The maximum absolute atomic E-state index is 12.9. The second-order valence-electron chi connectivity index (χ2n) is 7.66. The summed E-state index contributed by atoms with van der Waals surface area (Å²) in [5.41, 5.74) is 1.77. The van der Waals surface area contributed by atoms with Crippen molar-refractivity contribution in [3.8, 4) is 0 Å². The Morgan fingerprint density at radius 2 is 1.91 bits per heavy atom. The molecular formula is C23H23Cl2N5O3S. The van der Waals surface area contributed by atoms with E-state index in [0.29, 0.717) is 28.0 Å². The number of halogens is 2. The number of rotatable bonds is 9. The first kappa shape index (κ1) is 25.6. The van der Waals surface area contributed by atoms with Gasteiger partial charge in [0.05, 0.1) is 22.2 Å². The van der Waals surface area contributed by atoms with E-state index in [1.807, 2.05) is 19.9 Å². The molecular weight excluding hydrogens is 497 g/mol. The van der Waals surface area contributed by atoms with E-state index in [4.69, 9.17) is 23.2 Å². The van der Waals surface area contributed by atoms with Crippen molar-refractivity contribution in [2.45, 2.75) is 32.9 Å². The van der Waals surface area contributed by atoms with Crippen molar-refractivity contribution in [2.24, 2.45) is 0 Å². The summed E-state index contributed by atoms with van der Waals surface area (Å²) in [5, 5.41) is 8.17. The number of anilines is 1. The molecule has 2 N–H and O–H groups in total. The Hall–Kier alpha value is -3.01.